The molecule has 1 N–H and O–H groups in total. The molecule has 2 aromatic carbocycles. The molecule has 0 aliphatic rings. The minimum Gasteiger partial charge on any atom is -0.497 e. The van der Waals surface area contributed by atoms with Crippen LogP contribution in [0.3, 0.4) is 0 Å². The second-order valence-electron chi connectivity index (χ2n) is 6.85. The Kier molecular flexibility index (Phi) is 6.59. The van der Waals surface area contributed by atoms with Gasteiger partial charge in [0.05, 0.1) is 18.1 Å². The molecule has 160 valence electrons. The second-order valence-corrected chi connectivity index (χ2v) is 7.70. The van der Waals surface area contributed by atoms with Crippen molar-refractivity contribution in [2.24, 2.45) is 0 Å². The third kappa shape index (κ3) is 4.76. The number of hydrogen-bond donors (Lipinski definition) is 1. The van der Waals surface area contributed by atoms with Crippen LogP contribution in [0, 0.1) is 0 Å². The van der Waals surface area contributed by atoms with Gasteiger partial charge in [0.25, 0.3) is 5.91 Å². The highest BCUT2D eigenvalue weighted by Gasteiger charge is 2.17. The number of carbonyl (C=O) groups excluding carboxylic acids is 1. The summed E-state index contributed by atoms with van der Waals surface area (Å²) in [6.07, 6.45) is 0.829. The van der Waals surface area contributed by atoms with E-state index in [2.05, 4.69) is 15.3 Å². The summed E-state index contributed by atoms with van der Waals surface area (Å²) in [7, 11) is 1.63. The monoisotopic (exact) mass is 436 g/mol. The van der Waals surface area contributed by atoms with Crippen molar-refractivity contribution in [2.75, 3.05) is 25.6 Å². The van der Waals surface area contributed by atoms with E-state index >= 15 is 0 Å². The first-order valence-electron chi connectivity index (χ1n) is 10.1. The average molecular weight is 437 g/mol. The third-order valence-corrected chi connectivity index (χ3v) is 5.72. The normalized spacial score (nSPS) is 11.0. The highest BCUT2D eigenvalue weighted by atomic mass is 32.1. The van der Waals surface area contributed by atoms with E-state index in [-0.39, 0.29) is 5.91 Å². The zero-order chi connectivity index (χ0) is 21.6. The third-order valence-electron chi connectivity index (χ3n) is 4.83. The fourth-order valence-electron chi connectivity index (χ4n) is 3.28. The molecule has 2 heterocycles. The predicted molar refractivity (Wildman–Crippen MR) is 123 cm³/mol. The number of nitrogens with zero attached hydrogens (tertiary/aromatic N) is 3. The van der Waals surface area contributed by atoms with Gasteiger partial charge in [-0.15, -0.1) is 11.3 Å². The number of amides is 1. The van der Waals surface area contributed by atoms with E-state index in [1.807, 2.05) is 60.0 Å². The first kappa shape index (κ1) is 21.0. The maximum absolute atomic E-state index is 12.9. The number of ether oxygens (including phenoxy) is 2. The first-order valence-corrected chi connectivity index (χ1v) is 11.0. The van der Waals surface area contributed by atoms with Crippen molar-refractivity contribution in [3.8, 4) is 16.3 Å². The quantitative estimate of drug-likeness (QED) is 0.380. The van der Waals surface area contributed by atoms with Crippen molar-refractivity contribution in [3.05, 3.63) is 59.6 Å². The van der Waals surface area contributed by atoms with E-state index < -0.39 is 0 Å². The lowest BCUT2D eigenvalue weighted by atomic mass is 10.2. The Balaban J connectivity index is 1.53. The molecule has 0 aliphatic carbocycles. The van der Waals surface area contributed by atoms with Crippen molar-refractivity contribution in [1.29, 1.82) is 0 Å². The summed E-state index contributed by atoms with van der Waals surface area (Å²) in [6.45, 7) is 4.03. The number of anilines is 1. The first-order chi connectivity index (χ1) is 15.2. The number of methoxy groups -OCH3 is 1. The minimum atomic E-state index is -0.280. The van der Waals surface area contributed by atoms with E-state index in [0.717, 1.165) is 33.8 Å². The lowest BCUT2D eigenvalue weighted by molar-refractivity contribution is 0.102. The van der Waals surface area contributed by atoms with Crippen LogP contribution in [0.5, 0.6) is 5.75 Å². The van der Waals surface area contributed by atoms with Crippen LogP contribution in [0.2, 0.25) is 0 Å². The molecule has 0 unspecified atom stereocenters. The number of carbonyl (C=O) groups is 1. The second kappa shape index (κ2) is 9.72. The molecule has 0 radical (unpaired) electrons. The Labute approximate surface area is 184 Å². The molecule has 0 atom stereocenters. The molecule has 0 fully saturated rings. The zero-order valence-electron chi connectivity index (χ0n) is 17.5. The van der Waals surface area contributed by atoms with Crippen LogP contribution in [-0.2, 0) is 11.3 Å². The molecule has 0 aliphatic heterocycles. The minimum absolute atomic E-state index is 0.280. The van der Waals surface area contributed by atoms with Crippen LogP contribution < -0.4 is 10.1 Å². The van der Waals surface area contributed by atoms with E-state index in [4.69, 9.17) is 9.47 Å². The summed E-state index contributed by atoms with van der Waals surface area (Å²) in [4.78, 5) is 22.0. The number of fused-ring (bicyclic) bond motifs is 1. The van der Waals surface area contributed by atoms with Crippen LogP contribution in [0.15, 0.2) is 53.9 Å². The molecular weight excluding hydrogens is 412 g/mol. The molecule has 7 nitrogen and oxygen atoms in total. The van der Waals surface area contributed by atoms with Crippen molar-refractivity contribution in [3.63, 3.8) is 0 Å². The van der Waals surface area contributed by atoms with E-state index in [1.54, 1.807) is 12.5 Å². The molecule has 0 bridgehead atoms. The van der Waals surface area contributed by atoms with Crippen LogP contribution >= 0.6 is 11.3 Å². The summed E-state index contributed by atoms with van der Waals surface area (Å²) in [5.41, 5.74) is 3.12. The summed E-state index contributed by atoms with van der Waals surface area (Å²) in [6, 6.07) is 15.5. The SMILES string of the molecule is CCOCCCn1c(NC(=O)c2csc(-c3ccc(OC)cc3)n2)nc2ccccc21. The molecule has 0 saturated heterocycles. The van der Waals surface area contributed by atoms with Crippen molar-refractivity contribution in [2.45, 2.75) is 19.9 Å². The Hall–Kier alpha value is -3.23. The molecule has 1 amide bonds. The summed E-state index contributed by atoms with van der Waals surface area (Å²) in [5.74, 6) is 1.01. The number of aromatic nitrogens is 3. The van der Waals surface area contributed by atoms with Gasteiger partial charge in [-0.25, -0.2) is 9.97 Å². The van der Waals surface area contributed by atoms with Crippen LogP contribution in [-0.4, -0.2) is 40.8 Å². The van der Waals surface area contributed by atoms with Crippen LogP contribution in [0.25, 0.3) is 21.6 Å². The van der Waals surface area contributed by atoms with Gasteiger partial charge < -0.3 is 14.0 Å². The molecule has 0 saturated carbocycles. The number of nitrogens with one attached hydrogen (secondary N) is 1. The van der Waals surface area contributed by atoms with Crippen LogP contribution in [0.1, 0.15) is 23.8 Å². The van der Waals surface area contributed by atoms with E-state index in [9.17, 15) is 4.79 Å². The fourth-order valence-corrected chi connectivity index (χ4v) is 4.08. The Morgan fingerprint density at radius 2 is 1.94 bits per heavy atom. The van der Waals surface area contributed by atoms with Crippen molar-refractivity contribution >= 4 is 34.2 Å². The van der Waals surface area contributed by atoms with E-state index in [1.165, 1.54) is 11.3 Å². The van der Waals surface area contributed by atoms with Gasteiger partial charge in [-0.2, -0.15) is 0 Å². The Morgan fingerprint density at radius 1 is 1.13 bits per heavy atom. The van der Waals surface area contributed by atoms with Crippen molar-refractivity contribution < 1.29 is 14.3 Å². The molecule has 4 aromatic rings. The molecule has 8 heteroatoms. The molecular formula is C23H24N4O3S. The Morgan fingerprint density at radius 3 is 2.71 bits per heavy atom. The largest absolute Gasteiger partial charge is 0.497 e. The molecule has 4 rings (SSSR count). The topological polar surface area (TPSA) is 78.3 Å². The fraction of sp³-hybridized carbons (Fsp3) is 0.261. The summed E-state index contributed by atoms with van der Waals surface area (Å²) < 4.78 is 12.7. The van der Waals surface area contributed by atoms with Crippen LogP contribution in [0.4, 0.5) is 5.95 Å². The molecule has 0 spiro atoms. The zero-order valence-corrected chi connectivity index (χ0v) is 18.3. The van der Waals surface area contributed by atoms with Gasteiger partial charge >= 0.3 is 0 Å². The number of hydrogen-bond acceptors (Lipinski definition) is 6. The summed E-state index contributed by atoms with van der Waals surface area (Å²) >= 11 is 1.43. The van der Waals surface area contributed by atoms with Gasteiger partial charge in [-0.05, 0) is 49.7 Å². The number of thiazole rings is 1. The van der Waals surface area contributed by atoms with Gasteiger partial charge in [0.1, 0.15) is 16.5 Å². The standard InChI is InChI=1S/C23H24N4O3S/c1-3-30-14-6-13-27-20-8-5-4-7-18(20)25-23(27)26-21(28)19-15-31-22(24-19)16-9-11-17(29-2)12-10-16/h4-5,7-12,15H,3,6,13-14H2,1-2H3,(H,25,26,28). The van der Waals surface area contributed by atoms with E-state index in [0.29, 0.717) is 31.4 Å². The highest BCUT2D eigenvalue weighted by Crippen LogP contribution is 2.26. The maximum Gasteiger partial charge on any atom is 0.277 e. The molecule has 31 heavy (non-hydrogen) atoms. The predicted octanol–water partition coefficient (Wildman–Crippen LogP) is 4.85. The lowest BCUT2D eigenvalue weighted by Gasteiger charge is -2.09. The van der Waals surface area contributed by atoms with Gasteiger partial charge in [0.15, 0.2) is 0 Å². The van der Waals surface area contributed by atoms with Gasteiger partial charge in [-0.1, -0.05) is 12.1 Å². The maximum atomic E-state index is 12.9. The van der Waals surface area contributed by atoms with Gasteiger partial charge in [0.2, 0.25) is 5.95 Å². The number of aryl methyl sites for hydroxylation is 1. The summed E-state index contributed by atoms with van der Waals surface area (Å²) in [5, 5.41) is 5.47. The molecule has 2 aromatic heterocycles. The number of benzene rings is 2. The highest BCUT2D eigenvalue weighted by molar-refractivity contribution is 7.13. The average Bonchev–Trinajstić information content (AvgIpc) is 3.42. The lowest BCUT2D eigenvalue weighted by Crippen LogP contribution is -2.17. The number of rotatable bonds is 9. The Bertz CT molecular complexity index is 1170. The van der Waals surface area contributed by atoms with Gasteiger partial charge in [-0.3, -0.25) is 10.1 Å². The number of para-hydroxylation sites is 2. The smallest absolute Gasteiger partial charge is 0.277 e. The van der Waals surface area contributed by atoms with Crippen molar-refractivity contribution in [1.82, 2.24) is 14.5 Å². The number of imidazole rings is 1. The van der Waals surface area contributed by atoms with Gasteiger partial charge in [0, 0.05) is 30.7 Å².